The molecule has 0 aliphatic carbocycles. The average molecular weight is 271 g/mol. The van der Waals surface area contributed by atoms with Gasteiger partial charge in [-0.15, -0.1) is 0 Å². The molecule has 0 unspecified atom stereocenters. The first kappa shape index (κ1) is 15.3. The molecule has 0 aliphatic rings. The molecule has 18 heavy (non-hydrogen) atoms. The van der Waals surface area contributed by atoms with Gasteiger partial charge in [0.15, 0.2) is 0 Å². The van der Waals surface area contributed by atoms with Crippen LogP contribution in [0.15, 0.2) is 18.2 Å². The molecular formula is C14H23ClN2O. The van der Waals surface area contributed by atoms with Gasteiger partial charge < -0.3 is 15.0 Å². The molecule has 0 bridgehead atoms. The van der Waals surface area contributed by atoms with Crippen LogP contribution in [0.4, 0.5) is 5.69 Å². The highest BCUT2D eigenvalue weighted by Crippen LogP contribution is 2.23. The number of nitrogens with zero attached hydrogens (tertiary/aromatic N) is 1. The van der Waals surface area contributed by atoms with E-state index in [0.29, 0.717) is 12.6 Å². The monoisotopic (exact) mass is 270 g/mol. The van der Waals surface area contributed by atoms with Crippen molar-refractivity contribution in [3.8, 4) is 0 Å². The average Bonchev–Trinajstić information content (AvgIpc) is 2.34. The Morgan fingerprint density at radius 3 is 2.67 bits per heavy atom. The Hall–Kier alpha value is -0.770. The van der Waals surface area contributed by atoms with Crippen molar-refractivity contribution in [2.75, 3.05) is 32.2 Å². The Labute approximate surface area is 115 Å². The van der Waals surface area contributed by atoms with Crippen LogP contribution >= 0.6 is 11.6 Å². The summed E-state index contributed by atoms with van der Waals surface area (Å²) in [7, 11) is 3.75. The Morgan fingerprint density at radius 1 is 1.39 bits per heavy atom. The zero-order valence-electron chi connectivity index (χ0n) is 11.7. The first-order chi connectivity index (χ1) is 8.54. The van der Waals surface area contributed by atoms with E-state index in [1.165, 1.54) is 0 Å². The normalized spacial score (nSPS) is 11.0. The molecule has 1 aromatic rings. The van der Waals surface area contributed by atoms with Gasteiger partial charge >= 0.3 is 0 Å². The lowest BCUT2D eigenvalue weighted by Crippen LogP contribution is -2.23. The van der Waals surface area contributed by atoms with Crippen LogP contribution in [0.1, 0.15) is 19.4 Å². The van der Waals surface area contributed by atoms with Crippen molar-refractivity contribution in [2.24, 2.45) is 0 Å². The van der Waals surface area contributed by atoms with Crippen molar-refractivity contribution < 1.29 is 4.74 Å². The van der Waals surface area contributed by atoms with Crippen LogP contribution in [0, 0.1) is 0 Å². The van der Waals surface area contributed by atoms with Gasteiger partial charge in [-0.2, -0.15) is 0 Å². The minimum atomic E-state index is 0.463. The number of hydrogen-bond donors (Lipinski definition) is 1. The highest BCUT2D eigenvalue weighted by Gasteiger charge is 2.05. The van der Waals surface area contributed by atoms with Crippen LogP contribution in [-0.2, 0) is 11.3 Å². The third kappa shape index (κ3) is 4.84. The van der Waals surface area contributed by atoms with Crippen LogP contribution in [0.5, 0.6) is 0 Å². The molecule has 4 heteroatoms. The van der Waals surface area contributed by atoms with Gasteiger partial charge in [-0.3, -0.25) is 0 Å². The van der Waals surface area contributed by atoms with Gasteiger partial charge in [-0.1, -0.05) is 31.5 Å². The number of ether oxygens (including phenoxy) is 1. The second-order valence-electron chi connectivity index (χ2n) is 4.73. The zero-order valence-corrected chi connectivity index (χ0v) is 12.4. The molecule has 0 fully saturated rings. The van der Waals surface area contributed by atoms with Gasteiger partial charge in [-0.25, -0.2) is 0 Å². The Balaban J connectivity index is 2.66. The van der Waals surface area contributed by atoms with Crippen LogP contribution in [0.3, 0.4) is 0 Å². The van der Waals surface area contributed by atoms with Gasteiger partial charge in [0.25, 0.3) is 0 Å². The third-order valence-corrected chi connectivity index (χ3v) is 3.16. The largest absolute Gasteiger partial charge is 0.383 e. The van der Waals surface area contributed by atoms with Crippen molar-refractivity contribution in [1.29, 1.82) is 0 Å². The topological polar surface area (TPSA) is 24.5 Å². The summed E-state index contributed by atoms with van der Waals surface area (Å²) in [5.41, 5.74) is 2.25. The summed E-state index contributed by atoms with van der Waals surface area (Å²) in [6, 6.07) is 6.65. The lowest BCUT2D eigenvalue weighted by atomic mass is 10.2. The predicted octanol–water partition coefficient (Wildman–Crippen LogP) is 2.92. The molecule has 0 amide bonds. The molecule has 0 aromatic heterocycles. The summed E-state index contributed by atoms with van der Waals surface area (Å²) in [4.78, 5) is 2.13. The number of likely N-dealkylation sites (N-methyl/N-ethyl adjacent to an activating group) is 1. The number of nitrogens with one attached hydrogen (secondary N) is 1. The highest BCUT2D eigenvalue weighted by molar-refractivity contribution is 6.31. The Bertz CT molecular complexity index is 369. The molecule has 0 radical (unpaired) electrons. The third-order valence-electron chi connectivity index (χ3n) is 2.81. The molecule has 0 heterocycles. The highest BCUT2D eigenvalue weighted by atomic mass is 35.5. The Kier molecular flexibility index (Phi) is 6.47. The minimum absolute atomic E-state index is 0.463. The number of rotatable bonds is 7. The fourth-order valence-corrected chi connectivity index (χ4v) is 1.83. The van der Waals surface area contributed by atoms with Gasteiger partial charge in [0, 0.05) is 44.0 Å². The standard InChI is InChI=1S/C14H23ClN2O/c1-11(2)16-10-12-5-6-13(9-14(12)15)17(3)7-8-18-4/h5-6,9,11,16H,7-8,10H2,1-4H3. The molecule has 0 aliphatic heterocycles. The maximum atomic E-state index is 6.29. The fraction of sp³-hybridized carbons (Fsp3) is 0.571. The van der Waals surface area contributed by atoms with Crippen LogP contribution in [0.2, 0.25) is 5.02 Å². The summed E-state index contributed by atoms with van der Waals surface area (Å²) < 4.78 is 5.07. The lowest BCUT2D eigenvalue weighted by molar-refractivity contribution is 0.206. The predicted molar refractivity (Wildman–Crippen MR) is 78.6 cm³/mol. The number of benzene rings is 1. The summed E-state index contributed by atoms with van der Waals surface area (Å²) in [5, 5.41) is 4.18. The van der Waals surface area contributed by atoms with Crippen LogP contribution in [-0.4, -0.2) is 33.4 Å². The van der Waals surface area contributed by atoms with E-state index in [4.69, 9.17) is 16.3 Å². The fourth-order valence-electron chi connectivity index (χ4n) is 1.59. The number of hydrogen-bond acceptors (Lipinski definition) is 3. The van der Waals surface area contributed by atoms with Gasteiger partial charge in [-0.05, 0) is 17.7 Å². The Morgan fingerprint density at radius 2 is 2.11 bits per heavy atom. The van der Waals surface area contributed by atoms with Gasteiger partial charge in [0.2, 0.25) is 0 Å². The second kappa shape index (κ2) is 7.62. The first-order valence-corrected chi connectivity index (χ1v) is 6.64. The summed E-state index contributed by atoms with van der Waals surface area (Å²) in [5.74, 6) is 0. The van der Waals surface area contributed by atoms with E-state index in [0.717, 1.165) is 29.4 Å². The van der Waals surface area contributed by atoms with Crippen molar-refractivity contribution in [3.63, 3.8) is 0 Å². The lowest BCUT2D eigenvalue weighted by Gasteiger charge is -2.20. The van der Waals surface area contributed by atoms with E-state index >= 15 is 0 Å². The molecule has 0 atom stereocenters. The molecule has 0 saturated carbocycles. The molecule has 1 N–H and O–H groups in total. The quantitative estimate of drug-likeness (QED) is 0.825. The number of anilines is 1. The molecule has 0 spiro atoms. The summed E-state index contributed by atoms with van der Waals surface area (Å²) >= 11 is 6.29. The summed E-state index contributed by atoms with van der Waals surface area (Å²) in [6.07, 6.45) is 0. The van der Waals surface area contributed by atoms with Crippen LogP contribution in [0.25, 0.3) is 0 Å². The van der Waals surface area contributed by atoms with E-state index in [-0.39, 0.29) is 0 Å². The zero-order chi connectivity index (χ0) is 13.5. The van der Waals surface area contributed by atoms with E-state index in [2.05, 4.69) is 36.2 Å². The minimum Gasteiger partial charge on any atom is -0.383 e. The molecule has 0 saturated heterocycles. The van der Waals surface area contributed by atoms with Crippen molar-refractivity contribution >= 4 is 17.3 Å². The molecule has 1 rings (SSSR count). The second-order valence-corrected chi connectivity index (χ2v) is 5.13. The van der Waals surface area contributed by atoms with Crippen molar-refractivity contribution in [3.05, 3.63) is 28.8 Å². The van der Waals surface area contributed by atoms with Crippen molar-refractivity contribution in [2.45, 2.75) is 26.4 Å². The van der Waals surface area contributed by atoms with Crippen LogP contribution < -0.4 is 10.2 Å². The van der Waals surface area contributed by atoms with Gasteiger partial charge in [0.1, 0.15) is 0 Å². The molecular weight excluding hydrogens is 248 g/mol. The van der Waals surface area contributed by atoms with Crippen molar-refractivity contribution in [1.82, 2.24) is 5.32 Å². The molecule has 1 aromatic carbocycles. The maximum Gasteiger partial charge on any atom is 0.0637 e. The van der Waals surface area contributed by atoms with E-state index in [9.17, 15) is 0 Å². The number of halogens is 1. The van der Waals surface area contributed by atoms with E-state index in [1.54, 1.807) is 7.11 Å². The SMILES string of the molecule is COCCN(C)c1ccc(CNC(C)C)c(Cl)c1. The van der Waals surface area contributed by atoms with Gasteiger partial charge in [0.05, 0.1) is 6.61 Å². The molecule has 102 valence electrons. The first-order valence-electron chi connectivity index (χ1n) is 6.26. The molecule has 3 nitrogen and oxygen atoms in total. The summed E-state index contributed by atoms with van der Waals surface area (Å²) in [6.45, 7) is 6.63. The smallest absolute Gasteiger partial charge is 0.0637 e. The maximum absolute atomic E-state index is 6.29. The van der Waals surface area contributed by atoms with E-state index in [1.807, 2.05) is 13.1 Å². The number of methoxy groups -OCH3 is 1. The van der Waals surface area contributed by atoms with E-state index < -0.39 is 0 Å².